The summed E-state index contributed by atoms with van der Waals surface area (Å²) >= 11 is 0. The first-order valence-corrected chi connectivity index (χ1v) is 9.81. The van der Waals surface area contributed by atoms with Gasteiger partial charge in [-0.3, -0.25) is 4.79 Å². The lowest BCUT2D eigenvalue weighted by atomic mass is 10.1. The molecule has 1 fully saturated rings. The second kappa shape index (κ2) is 9.11. The van der Waals surface area contributed by atoms with Gasteiger partial charge in [-0.1, -0.05) is 42.5 Å². The molecular formula is C22H30FN3O+2. The van der Waals surface area contributed by atoms with Crippen LogP contribution in [0.15, 0.2) is 54.6 Å². The van der Waals surface area contributed by atoms with Crippen molar-refractivity contribution in [1.29, 1.82) is 0 Å². The van der Waals surface area contributed by atoms with Crippen molar-refractivity contribution < 1.29 is 19.0 Å². The van der Waals surface area contributed by atoms with Crippen LogP contribution in [0.1, 0.15) is 31.0 Å². The first-order chi connectivity index (χ1) is 13.0. The van der Waals surface area contributed by atoms with Crippen LogP contribution in [0.2, 0.25) is 0 Å². The van der Waals surface area contributed by atoms with E-state index in [1.165, 1.54) is 22.6 Å². The highest BCUT2D eigenvalue weighted by molar-refractivity contribution is 5.80. The highest BCUT2D eigenvalue weighted by Crippen LogP contribution is 2.12. The zero-order valence-corrected chi connectivity index (χ0v) is 16.2. The average Bonchev–Trinajstić information content (AvgIpc) is 2.69. The topological polar surface area (TPSA) is 38.0 Å². The predicted octanol–water partition coefficient (Wildman–Crippen LogP) is 0.375. The molecule has 144 valence electrons. The number of halogens is 1. The Labute approximate surface area is 161 Å². The molecule has 1 heterocycles. The van der Waals surface area contributed by atoms with E-state index >= 15 is 0 Å². The van der Waals surface area contributed by atoms with Gasteiger partial charge < -0.3 is 15.1 Å². The van der Waals surface area contributed by atoms with E-state index in [1.807, 2.05) is 19.9 Å². The van der Waals surface area contributed by atoms with Gasteiger partial charge in [0.05, 0.1) is 6.04 Å². The molecule has 0 aromatic heterocycles. The number of hydrogen-bond donors (Lipinski definition) is 3. The van der Waals surface area contributed by atoms with Crippen LogP contribution in [0.25, 0.3) is 0 Å². The van der Waals surface area contributed by atoms with Crippen LogP contribution in [0, 0.1) is 5.82 Å². The van der Waals surface area contributed by atoms with E-state index < -0.39 is 0 Å². The molecule has 27 heavy (non-hydrogen) atoms. The number of amides is 1. The van der Waals surface area contributed by atoms with E-state index in [2.05, 4.69) is 29.6 Å². The molecule has 0 aliphatic carbocycles. The number of rotatable bonds is 6. The summed E-state index contributed by atoms with van der Waals surface area (Å²) in [6.07, 6.45) is 0. The van der Waals surface area contributed by atoms with Crippen molar-refractivity contribution >= 4 is 5.91 Å². The van der Waals surface area contributed by atoms with Gasteiger partial charge in [-0.15, -0.1) is 0 Å². The maximum atomic E-state index is 13.1. The molecule has 1 amide bonds. The van der Waals surface area contributed by atoms with Crippen molar-refractivity contribution in [3.63, 3.8) is 0 Å². The molecule has 2 aromatic carbocycles. The first kappa shape index (κ1) is 19.5. The van der Waals surface area contributed by atoms with Crippen molar-refractivity contribution in [2.75, 3.05) is 26.2 Å². The second-order valence-electron chi connectivity index (χ2n) is 7.57. The van der Waals surface area contributed by atoms with Crippen LogP contribution in [-0.4, -0.2) is 38.1 Å². The zero-order chi connectivity index (χ0) is 19.2. The van der Waals surface area contributed by atoms with E-state index in [0.717, 1.165) is 38.3 Å². The zero-order valence-electron chi connectivity index (χ0n) is 16.2. The number of carbonyl (C=O) groups is 1. The molecule has 1 aliphatic heterocycles. The summed E-state index contributed by atoms with van der Waals surface area (Å²) in [6.45, 7) is 9.16. The number of piperazine rings is 1. The van der Waals surface area contributed by atoms with Crippen molar-refractivity contribution in [2.24, 2.45) is 0 Å². The molecule has 2 atom stereocenters. The number of benzene rings is 2. The van der Waals surface area contributed by atoms with Crippen molar-refractivity contribution in [3.8, 4) is 0 Å². The largest absolute Gasteiger partial charge is 0.344 e. The number of hydrogen-bond acceptors (Lipinski definition) is 1. The highest BCUT2D eigenvalue weighted by atomic mass is 19.1. The fourth-order valence-electron chi connectivity index (χ4n) is 3.78. The average molecular weight is 372 g/mol. The third kappa shape index (κ3) is 5.37. The Morgan fingerprint density at radius 3 is 2.26 bits per heavy atom. The fourth-order valence-corrected chi connectivity index (χ4v) is 3.78. The Hall–Kier alpha value is -2.24. The van der Waals surface area contributed by atoms with Crippen molar-refractivity contribution in [1.82, 2.24) is 5.32 Å². The summed E-state index contributed by atoms with van der Waals surface area (Å²) in [4.78, 5) is 15.6. The summed E-state index contributed by atoms with van der Waals surface area (Å²) < 4.78 is 13.1. The number of quaternary nitrogens is 2. The van der Waals surface area contributed by atoms with E-state index in [4.69, 9.17) is 0 Å². The minimum absolute atomic E-state index is 0.0633. The molecule has 0 saturated carbocycles. The first-order valence-electron chi connectivity index (χ1n) is 9.81. The Kier molecular flexibility index (Phi) is 6.58. The standard InChI is InChI=1S/C22H28FN3O/c1-17(20-8-10-21(23)11-9-20)24-22(27)18(2)26-14-12-25(13-15-26)16-19-6-4-3-5-7-19/h3-11,17-18H,12-16H2,1-2H3,(H,24,27)/p+2/t17-,18+/m0/s1. The third-order valence-electron chi connectivity index (χ3n) is 5.63. The normalized spacial score (nSPS) is 22.0. The molecular weight excluding hydrogens is 341 g/mol. The van der Waals surface area contributed by atoms with Crippen LogP contribution in [-0.2, 0) is 11.3 Å². The molecule has 3 N–H and O–H groups in total. The van der Waals surface area contributed by atoms with Gasteiger partial charge in [0.25, 0.3) is 5.91 Å². The molecule has 5 heteroatoms. The lowest BCUT2D eigenvalue weighted by molar-refractivity contribution is -1.02. The molecule has 0 unspecified atom stereocenters. The summed E-state index contributed by atoms with van der Waals surface area (Å²) in [5.74, 6) is -0.195. The summed E-state index contributed by atoms with van der Waals surface area (Å²) in [5, 5.41) is 3.07. The van der Waals surface area contributed by atoms with Crippen LogP contribution >= 0.6 is 0 Å². The van der Waals surface area contributed by atoms with Crippen molar-refractivity contribution in [3.05, 3.63) is 71.5 Å². The predicted molar refractivity (Wildman–Crippen MR) is 104 cm³/mol. The SMILES string of the molecule is C[C@H](NC(=O)[C@@H](C)[NH+]1CC[NH+](Cc2ccccc2)CC1)c1ccc(F)cc1. The molecule has 1 aliphatic rings. The van der Waals surface area contributed by atoms with Gasteiger partial charge in [0.15, 0.2) is 6.04 Å². The molecule has 2 aromatic rings. The Morgan fingerprint density at radius 1 is 1.00 bits per heavy atom. The smallest absolute Gasteiger partial charge is 0.278 e. The van der Waals surface area contributed by atoms with Crippen LogP contribution in [0.3, 0.4) is 0 Å². The van der Waals surface area contributed by atoms with Crippen molar-refractivity contribution in [2.45, 2.75) is 32.5 Å². The lowest BCUT2D eigenvalue weighted by Crippen LogP contribution is -3.29. The molecule has 0 radical (unpaired) electrons. The van der Waals surface area contributed by atoms with E-state index in [0.29, 0.717) is 0 Å². The molecule has 3 rings (SSSR count). The van der Waals surface area contributed by atoms with Gasteiger partial charge >= 0.3 is 0 Å². The van der Waals surface area contributed by atoms with Gasteiger partial charge in [0.1, 0.15) is 38.5 Å². The molecule has 1 saturated heterocycles. The van der Waals surface area contributed by atoms with Crippen LogP contribution in [0.4, 0.5) is 4.39 Å². The summed E-state index contributed by atoms with van der Waals surface area (Å²) in [7, 11) is 0. The Balaban J connectivity index is 1.47. The molecule has 0 spiro atoms. The Bertz CT molecular complexity index is 727. The van der Waals surface area contributed by atoms with Crippen LogP contribution < -0.4 is 15.1 Å². The minimum atomic E-state index is -0.258. The molecule has 4 nitrogen and oxygen atoms in total. The number of nitrogens with one attached hydrogen (secondary N) is 3. The minimum Gasteiger partial charge on any atom is -0.344 e. The summed E-state index contributed by atoms with van der Waals surface area (Å²) in [5.41, 5.74) is 2.29. The third-order valence-corrected chi connectivity index (χ3v) is 5.63. The van der Waals surface area contributed by atoms with Gasteiger partial charge in [0, 0.05) is 5.56 Å². The Morgan fingerprint density at radius 2 is 1.63 bits per heavy atom. The van der Waals surface area contributed by atoms with Gasteiger partial charge in [-0.25, -0.2) is 4.39 Å². The maximum absolute atomic E-state index is 13.1. The van der Waals surface area contributed by atoms with Gasteiger partial charge in [-0.05, 0) is 31.5 Å². The van der Waals surface area contributed by atoms with E-state index in [-0.39, 0.29) is 23.8 Å². The van der Waals surface area contributed by atoms with Gasteiger partial charge in [0.2, 0.25) is 0 Å². The maximum Gasteiger partial charge on any atom is 0.278 e. The second-order valence-corrected chi connectivity index (χ2v) is 7.57. The lowest BCUT2D eigenvalue weighted by Gasteiger charge is -2.33. The number of carbonyl (C=O) groups excluding carboxylic acids is 1. The van der Waals surface area contributed by atoms with E-state index in [1.54, 1.807) is 17.0 Å². The summed E-state index contributed by atoms with van der Waals surface area (Å²) in [6, 6.07) is 16.7. The highest BCUT2D eigenvalue weighted by Gasteiger charge is 2.31. The molecule has 0 bridgehead atoms. The fraction of sp³-hybridized carbons (Fsp3) is 0.409. The van der Waals surface area contributed by atoms with Crippen LogP contribution in [0.5, 0.6) is 0 Å². The van der Waals surface area contributed by atoms with E-state index in [9.17, 15) is 9.18 Å². The monoisotopic (exact) mass is 371 g/mol. The van der Waals surface area contributed by atoms with Gasteiger partial charge in [-0.2, -0.15) is 0 Å². The quantitative estimate of drug-likeness (QED) is 0.675.